The number of nitrogens with one attached hydrogen (secondary N) is 1. The van der Waals surface area contributed by atoms with Gasteiger partial charge >= 0.3 is 0 Å². The van der Waals surface area contributed by atoms with Gasteiger partial charge in [-0.3, -0.25) is 0 Å². The van der Waals surface area contributed by atoms with Gasteiger partial charge in [0.2, 0.25) is 5.88 Å². The van der Waals surface area contributed by atoms with Crippen molar-refractivity contribution in [2.75, 3.05) is 11.9 Å². The number of nitrogens with zero attached hydrogens (tertiary/aromatic N) is 2. The first-order valence-electron chi connectivity index (χ1n) is 6.91. The molecule has 0 radical (unpaired) electrons. The van der Waals surface area contributed by atoms with Crippen molar-refractivity contribution in [3.63, 3.8) is 0 Å². The molecule has 1 aliphatic carbocycles. The minimum atomic E-state index is -0.359. The average molecular weight is 352 g/mol. The summed E-state index contributed by atoms with van der Waals surface area (Å²) in [5.41, 5.74) is 0. The van der Waals surface area contributed by atoms with Crippen LogP contribution in [0, 0.1) is 5.82 Å². The molecule has 0 saturated heterocycles. The Morgan fingerprint density at radius 2 is 2.10 bits per heavy atom. The predicted molar refractivity (Wildman–Crippen MR) is 82.3 cm³/mol. The van der Waals surface area contributed by atoms with Crippen LogP contribution in [-0.2, 0) is 0 Å². The maximum absolute atomic E-state index is 13.4. The first kappa shape index (κ1) is 14.3. The van der Waals surface area contributed by atoms with E-state index in [1.807, 2.05) is 6.92 Å². The maximum Gasteiger partial charge on any atom is 0.224 e. The van der Waals surface area contributed by atoms with Crippen LogP contribution in [0.1, 0.15) is 31.5 Å². The smallest absolute Gasteiger partial charge is 0.224 e. The van der Waals surface area contributed by atoms with E-state index in [-0.39, 0.29) is 5.82 Å². The standard InChI is InChI=1S/C15H15BrFN3O/c1-2-18-13-8-14(20-15(19-13)9-3-4-9)21-12-6-10(16)5-11(17)7-12/h5-9H,2-4H2,1H3,(H,18,19,20). The second-order valence-electron chi connectivity index (χ2n) is 4.96. The fourth-order valence-corrected chi connectivity index (χ4v) is 2.44. The van der Waals surface area contributed by atoms with Gasteiger partial charge in [-0.1, -0.05) is 15.9 Å². The van der Waals surface area contributed by atoms with E-state index in [1.54, 1.807) is 12.1 Å². The monoisotopic (exact) mass is 351 g/mol. The van der Waals surface area contributed by atoms with E-state index in [1.165, 1.54) is 12.1 Å². The Hall–Kier alpha value is -1.69. The van der Waals surface area contributed by atoms with Crippen molar-refractivity contribution in [2.45, 2.75) is 25.7 Å². The van der Waals surface area contributed by atoms with Crippen LogP contribution >= 0.6 is 15.9 Å². The number of aromatic nitrogens is 2. The van der Waals surface area contributed by atoms with Gasteiger partial charge in [0.05, 0.1) is 0 Å². The highest BCUT2D eigenvalue weighted by atomic mass is 79.9. The van der Waals surface area contributed by atoms with Crippen LogP contribution in [-0.4, -0.2) is 16.5 Å². The molecule has 6 heteroatoms. The molecule has 2 aromatic rings. The van der Waals surface area contributed by atoms with Crippen molar-refractivity contribution in [1.82, 2.24) is 9.97 Å². The molecule has 0 aliphatic heterocycles. The highest BCUT2D eigenvalue weighted by Crippen LogP contribution is 2.39. The van der Waals surface area contributed by atoms with E-state index >= 15 is 0 Å². The quantitative estimate of drug-likeness (QED) is 0.862. The number of anilines is 1. The lowest BCUT2D eigenvalue weighted by molar-refractivity contribution is 0.454. The Morgan fingerprint density at radius 1 is 1.29 bits per heavy atom. The number of halogens is 2. The van der Waals surface area contributed by atoms with E-state index in [4.69, 9.17) is 4.74 Å². The zero-order valence-corrected chi connectivity index (χ0v) is 13.2. The van der Waals surface area contributed by atoms with Gasteiger partial charge in [0.25, 0.3) is 0 Å². The minimum absolute atomic E-state index is 0.359. The lowest BCUT2D eigenvalue weighted by Crippen LogP contribution is -2.04. The summed E-state index contributed by atoms with van der Waals surface area (Å²) in [6.07, 6.45) is 2.22. The summed E-state index contributed by atoms with van der Waals surface area (Å²) in [4.78, 5) is 8.90. The van der Waals surface area contributed by atoms with Crippen LogP contribution in [0.4, 0.5) is 10.2 Å². The lowest BCUT2D eigenvalue weighted by Gasteiger charge is -2.10. The zero-order valence-electron chi connectivity index (χ0n) is 11.6. The fraction of sp³-hybridized carbons (Fsp3) is 0.333. The third kappa shape index (κ3) is 3.69. The second kappa shape index (κ2) is 5.97. The summed E-state index contributed by atoms with van der Waals surface area (Å²) < 4.78 is 19.7. The number of rotatable bonds is 5. The molecule has 0 amide bonds. The van der Waals surface area contributed by atoms with Crippen molar-refractivity contribution < 1.29 is 9.13 Å². The Balaban J connectivity index is 1.89. The highest BCUT2D eigenvalue weighted by molar-refractivity contribution is 9.10. The fourth-order valence-electron chi connectivity index (χ4n) is 2.00. The van der Waals surface area contributed by atoms with Gasteiger partial charge in [-0.25, -0.2) is 9.37 Å². The molecule has 21 heavy (non-hydrogen) atoms. The summed E-state index contributed by atoms with van der Waals surface area (Å²) in [6, 6.07) is 6.15. The van der Waals surface area contributed by atoms with Gasteiger partial charge in [0, 0.05) is 29.1 Å². The lowest BCUT2D eigenvalue weighted by atomic mass is 10.3. The van der Waals surface area contributed by atoms with Crippen molar-refractivity contribution in [1.29, 1.82) is 0 Å². The molecule has 0 unspecified atom stereocenters. The van der Waals surface area contributed by atoms with Crippen molar-refractivity contribution >= 4 is 21.7 Å². The van der Waals surface area contributed by atoms with E-state index in [0.717, 1.165) is 31.0 Å². The molecule has 1 saturated carbocycles. The Bertz CT molecular complexity index is 641. The van der Waals surface area contributed by atoms with E-state index in [0.29, 0.717) is 22.0 Å². The van der Waals surface area contributed by atoms with Crippen LogP contribution in [0.3, 0.4) is 0 Å². The molecule has 1 aromatic carbocycles. The van der Waals surface area contributed by atoms with Crippen LogP contribution < -0.4 is 10.1 Å². The molecular weight excluding hydrogens is 337 g/mol. The number of ether oxygens (including phenoxy) is 1. The van der Waals surface area contributed by atoms with Gasteiger partial charge in [-0.15, -0.1) is 0 Å². The Morgan fingerprint density at radius 3 is 2.76 bits per heavy atom. The average Bonchev–Trinajstić information content (AvgIpc) is 3.21. The van der Waals surface area contributed by atoms with Crippen LogP contribution in [0.25, 0.3) is 0 Å². The number of hydrogen-bond donors (Lipinski definition) is 1. The molecule has 1 aromatic heterocycles. The Labute approximate surface area is 130 Å². The summed E-state index contributed by atoms with van der Waals surface area (Å²) in [5, 5.41) is 3.17. The molecule has 3 rings (SSSR count). The van der Waals surface area contributed by atoms with Crippen LogP contribution in [0.15, 0.2) is 28.7 Å². The summed E-state index contributed by atoms with van der Waals surface area (Å²) in [6.45, 7) is 2.77. The van der Waals surface area contributed by atoms with Gasteiger partial charge in [0.1, 0.15) is 23.2 Å². The van der Waals surface area contributed by atoms with E-state index < -0.39 is 0 Å². The van der Waals surface area contributed by atoms with Crippen molar-refractivity contribution in [3.8, 4) is 11.6 Å². The van der Waals surface area contributed by atoms with E-state index in [9.17, 15) is 4.39 Å². The topological polar surface area (TPSA) is 47.0 Å². The zero-order chi connectivity index (χ0) is 14.8. The highest BCUT2D eigenvalue weighted by Gasteiger charge is 2.27. The normalized spacial score (nSPS) is 14.0. The second-order valence-corrected chi connectivity index (χ2v) is 5.88. The molecule has 1 fully saturated rings. The number of benzene rings is 1. The van der Waals surface area contributed by atoms with Crippen LogP contribution in [0.5, 0.6) is 11.6 Å². The van der Waals surface area contributed by atoms with Gasteiger partial charge in [-0.05, 0) is 31.9 Å². The van der Waals surface area contributed by atoms with Gasteiger partial charge in [-0.2, -0.15) is 4.98 Å². The third-order valence-corrected chi connectivity index (χ3v) is 3.54. The molecule has 110 valence electrons. The molecule has 4 nitrogen and oxygen atoms in total. The molecular formula is C15H15BrFN3O. The predicted octanol–water partition coefficient (Wildman–Crippen LogP) is 4.48. The first-order chi connectivity index (χ1) is 10.1. The maximum atomic E-state index is 13.4. The SMILES string of the molecule is CCNc1cc(Oc2cc(F)cc(Br)c2)nc(C2CC2)n1. The molecule has 0 atom stereocenters. The molecule has 1 N–H and O–H groups in total. The van der Waals surface area contributed by atoms with Gasteiger partial charge < -0.3 is 10.1 Å². The molecule has 1 aliphatic rings. The summed E-state index contributed by atoms with van der Waals surface area (Å²) in [5.74, 6) is 2.43. The molecule has 0 bridgehead atoms. The third-order valence-electron chi connectivity index (χ3n) is 3.08. The Kier molecular flexibility index (Phi) is 4.05. The summed E-state index contributed by atoms with van der Waals surface area (Å²) >= 11 is 3.25. The van der Waals surface area contributed by atoms with E-state index in [2.05, 4.69) is 31.2 Å². The van der Waals surface area contributed by atoms with Crippen molar-refractivity contribution in [2.24, 2.45) is 0 Å². The largest absolute Gasteiger partial charge is 0.439 e. The first-order valence-corrected chi connectivity index (χ1v) is 7.70. The molecule has 0 spiro atoms. The van der Waals surface area contributed by atoms with Gasteiger partial charge in [0.15, 0.2) is 0 Å². The molecule has 1 heterocycles. The summed E-state index contributed by atoms with van der Waals surface area (Å²) in [7, 11) is 0. The number of hydrogen-bond acceptors (Lipinski definition) is 4. The van der Waals surface area contributed by atoms with Crippen molar-refractivity contribution in [3.05, 3.63) is 40.4 Å². The van der Waals surface area contributed by atoms with Crippen LogP contribution in [0.2, 0.25) is 0 Å². The minimum Gasteiger partial charge on any atom is -0.439 e.